The quantitative estimate of drug-likeness (QED) is 0.172. The number of carbonyl (C=O) groups is 1. The van der Waals surface area contributed by atoms with Gasteiger partial charge in [0.05, 0.1) is 12.7 Å². The molecule has 3 atom stereocenters. The molecule has 0 saturated carbocycles. The minimum absolute atomic E-state index is 0.0223. The van der Waals surface area contributed by atoms with Gasteiger partial charge in [-0.1, -0.05) is 62.8 Å². The molecule has 34 heavy (non-hydrogen) atoms. The molecule has 2 rings (SSSR count). The van der Waals surface area contributed by atoms with E-state index in [1.54, 1.807) is 0 Å². The largest absolute Gasteiger partial charge is 0.494 e. The summed E-state index contributed by atoms with van der Waals surface area (Å²) in [6.07, 6.45) is 10.9. The Bertz CT molecular complexity index is 810. The van der Waals surface area contributed by atoms with Crippen molar-refractivity contribution in [2.75, 3.05) is 6.61 Å². The molecule has 1 aromatic rings. The molecule has 0 radical (unpaired) electrons. The van der Waals surface area contributed by atoms with E-state index in [1.807, 2.05) is 36.4 Å². The second-order valence-electron chi connectivity index (χ2n) is 10.8. The van der Waals surface area contributed by atoms with Crippen LogP contribution in [-0.2, 0) is 9.22 Å². The number of allylic oxidation sites excluding steroid dienone is 2. The lowest BCUT2D eigenvalue weighted by Crippen LogP contribution is -2.46. The van der Waals surface area contributed by atoms with Crippen LogP contribution in [0.25, 0.3) is 0 Å². The molecule has 1 aliphatic rings. The zero-order chi connectivity index (χ0) is 25.2. The van der Waals surface area contributed by atoms with E-state index < -0.39 is 20.4 Å². The van der Waals surface area contributed by atoms with E-state index in [9.17, 15) is 15.0 Å². The van der Waals surface area contributed by atoms with Crippen LogP contribution in [0.15, 0.2) is 54.1 Å². The van der Waals surface area contributed by atoms with Gasteiger partial charge in [0, 0.05) is 5.92 Å². The number of aliphatic hydroxyl groups excluding tert-OH is 1. The first kappa shape index (κ1) is 28.3. The highest BCUT2D eigenvalue weighted by Crippen LogP contribution is 2.38. The Hall–Kier alpha value is -1.89. The predicted molar refractivity (Wildman–Crippen MR) is 141 cm³/mol. The summed E-state index contributed by atoms with van der Waals surface area (Å²) in [6, 6.07) is 9.86. The first-order valence-electron chi connectivity index (χ1n) is 12.6. The van der Waals surface area contributed by atoms with Crippen LogP contribution in [0.3, 0.4) is 0 Å². The third-order valence-electron chi connectivity index (χ3n) is 7.10. The number of carboxylic acid groups (broad SMARTS) is 1. The van der Waals surface area contributed by atoms with Crippen molar-refractivity contribution in [3.8, 4) is 5.75 Å². The summed E-state index contributed by atoms with van der Waals surface area (Å²) in [6.45, 7) is 11.2. The highest BCUT2D eigenvalue weighted by Gasteiger charge is 2.40. The third-order valence-corrected chi connectivity index (χ3v) is 11.6. The summed E-state index contributed by atoms with van der Waals surface area (Å²) in [5.41, 5.74) is 1.33. The van der Waals surface area contributed by atoms with Gasteiger partial charge in [-0.05, 0) is 75.2 Å². The Morgan fingerprint density at radius 3 is 2.53 bits per heavy atom. The number of hydrogen-bond donors (Lipinski definition) is 2. The van der Waals surface area contributed by atoms with E-state index in [1.165, 1.54) is 5.57 Å². The van der Waals surface area contributed by atoms with Crippen molar-refractivity contribution < 1.29 is 24.2 Å². The van der Waals surface area contributed by atoms with Crippen molar-refractivity contribution in [1.82, 2.24) is 0 Å². The molecule has 2 unspecified atom stereocenters. The maximum absolute atomic E-state index is 11.7. The van der Waals surface area contributed by atoms with Crippen LogP contribution in [0.2, 0.25) is 18.1 Å². The number of hydrogen-bond acceptors (Lipinski definition) is 4. The topological polar surface area (TPSA) is 76.0 Å². The second-order valence-corrected chi connectivity index (χ2v) is 15.6. The Labute approximate surface area is 207 Å². The number of aliphatic carboxylic acids is 1. The normalized spacial score (nSPS) is 19.9. The molecule has 0 saturated heterocycles. The van der Waals surface area contributed by atoms with Gasteiger partial charge >= 0.3 is 5.97 Å². The van der Waals surface area contributed by atoms with E-state index in [-0.39, 0.29) is 17.1 Å². The van der Waals surface area contributed by atoms with Gasteiger partial charge in [-0.25, -0.2) is 4.79 Å². The minimum atomic E-state index is -2.13. The van der Waals surface area contributed by atoms with Gasteiger partial charge < -0.3 is 19.4 Å². The fourth-order valence-corrected chi connectivity index (χ4v) is 5.23. The number of para-hydroxylation sites is 1. The van der Waals surface area contributed by atoms with Crippen LogP contribution in [0.1, 0.15) is 65.7 Å². The van der Waals surface area contributed by atoms with Crippen LogP contribution >= 0.6 is 0 Å². The molecule has 1 aromatic carbocycles. The van der Waals surface area contributed by atoms with E-state index in [0.29, 0.717) is 19.4 Å². The first-order chi connectivity index (χ1) is 16.0. The number of unbranched alkanes of at least 4 members (excludes halogenated alkanes) is 1. The predicted octanol–water partition coefficient (Wildman–Crippen LogP) is 6.74. The van der Waals surface area contributed by atoms with E-state index in [2.05, 4.69) is 46.0 Å². The van der Waals surface area contributed by atoms with Gasteiger partial charge in [-0.2, -0.15) is 0 Å². The average molecular weight is 489 g/mol. The van der Waals surface area contributed by atoms with Crippen molar-refractivity contribution in [2.24, 2.45) is 5.92 Å². The average Bonchev–Trinajstić information content (AvgIpc) is 3.11. The lowest BCUT2D eigenvalue weighted by Gasteiger charge is -2.38. The van der Waals surface area contributed by atoms with E-state index in [0.717, 1.165) is 37.9 Å². The molecule has 0 spiro atoms. The summed E-state index contributed by atoms with van der Waals surface area (Å²) in [4.78, 5) is 11.7. The summed E-state index contributed by atoms with van der Waals surface area (Å²) < 4.78 is 11.9. The smallest absolute Gasteiger partial charge is 0.331 e. The molecule has 1 aliphatic carbocycles. The van der Waals surface area contributed by atoms with Gasteiger partial charge in [-0.3, -0.25) is 0 Å². The molecule has 0 amide bonds. The van der Waals surface area contributed by atoms with E-state index in [4.69, 9.17) is 9.16 Å². The molecule has 0 fully saturated rings. The molecular formula is C28H44O5Si. The molecule has 0 aromatic heterocycles. The summed E-state index contributed by atoms with van der Waals surface area (Å²) >= 11 is 0. The first-order valence-corrected chi connectivity index (χ1v) is 15.5. The highest BCUT2D eigenvalue weighted by molar-refractivity contribution is 6.74. The molecule has 0 bridgehead atoms. The number of carboxylic acids is 1. The van der Waals surface area contributed by atoms with Crippen LogP contribution in [0.4, 0.5) is 0 Å². The SMILES string of the molecule is CC(C)(C)[Si](C)(C)OC(CCC=CC[C@@H]1C(CCCCOc2ccccc2)=CCC1O)C(=O)O. The van der Waals surface area contributed by atoms with E-state index >= 15 is 0 Å². The molecule has 2 N–H and O–H groups in total. The van der Waals surface area contributed by atoms with Crippen LogP contribution < -0.4 is 4.74 Å². The molecular weight excluding hydrogens is 444 g/mol. The third kappa shape index (κ3) is 9.04. The highest BCUT2D eigenvalue weighted by atomic mass is 28.4. The maximum atomic E-state index is 11.7. The van der Waals surface area contributed by atoms with Crippen molar-refractivity contribution in [3.05, 3.63) is 54.1 Å². The Morgan fingerprint density at radius 2 is 1.88 bits per heavy atom. The Kier molecular flexibility index (Phi) is 11.1. The lowest BCUT2D eigenvalue weighted by atomic mass is 9.92. The summed E-state index contributed by atoms with van der Waals surface area (Å²) in [5.74, 6) is 0.178. The fourth-order valence-electron chi connectivity index (χ4n) is 3.94. The number of ether oxygens (including phenoxy) is 1. The molecule has 5 nitrogen and oxygen atoms in total. The maximum Gasteiger partial charge on any atom is 0.331 e. The molecule has 0 heterocycles. The monoisotopic (exact) mass is 488 g/mol. The van der Waals surface area contributed by atoms with Gasteiger partial charge in [0.25, 0.3) is 0 Å². The zero-order valence-corrected chi connectivity index (χ0v) is 22.6. The number of aliphatic hydroxyl groups is 1. The van der Waals surface area contributed by atoms with Crippen molar-refractivity contribution in [3.63, 3.8) is 0 Å². The molecule has 190 valence electrons. The molecule has 6 heteroatoms. The summed E-state index contributed by atoms with van der Waals surface area (Å²) in [7, 11) is -2.13. The minimum Gasteiger partial charge on any atom is -0.494 e. The molecule has 0 aliphatic heterocycles. The fraction of sp³-hybridized carbons (Fsp3) is 0.607. The Balaban J connectivity index is 1.73. The van der Waals surface area contributed by atoms with Crippen LogP contribution in [-0.4, -0.2) is 43.3 Å². The second kappa shape index (κ2) is 13.3. The van der Waals surface area contributed by atoms with Gasteiger partial charge in [0.2, 0.25) is 0 Å². The van der Waals surface area contributed by atoms with Crippen molar-refractivity contribution in [2.45, 2.75) is 96.1 Å². The van der Waals surface area contributed by atoms with Crippen LogP contribution in [0, 0.1) is 5.92 Å². The van der Waals surface area contributed by atoms with Crippen molar-refractivity contribution in [1.29, 1.82) is 0 Å². The van der Waals surface area contributed by atoms with Crippen LogP contribution in [0.5, 0.6) is 5.75 Å². The van der Waals surface area contributed by atoms with Gasteiger partial charge in [0.1, 0.15) is 11.9 Å². The van der Waals surface area contributed by atoms with Gasteiger partial charge in [-0.15, -0.1) is 0 Å². The lowest BCUT2D eigenvalue weighted by molar-refractivity contribution is -0.145. The van der Waals surface area contributed by atoms with Gasteiger partial charge in [0.15, 0.2) is 8.32 Å². The summed E-state index contributed by atoms with van der Waals surface area (Å²) in [5, 5.41) is 20.0. The van der Waals surface area contributed by atoms with Crippen molar-refractivity contribution >= 4 is 14.3 Å². The standard InChI is InChI=1S/C28H44O5Si/c1-28(2,3)34(4,5)33-26(27(30)31)18-11-7-10-17-24-22(19-20-25(24)29)14-12-13-21-32-23-15-8-6-9-16-23/h6-10,15-16,19,24-26,29H,11-14,17-18,20-21H2,1-5H3,(H,30,31)/t24-,25?,26?/m1/s1. The zero-order valence-electron chi connectivity index (χ0n) is 21.6. The Morgan fingerprint density at radius 1 is 1.18 bits per heavy atom. The number of rotatable bonds is 14. The number of benzene rings is 1.